The highest BCUT2D eigenvalue weighted by Gasteiger charge is 2.22. The number of benzene rings is 2. The van der Waals surface area contributed by atoms with E-state index in [1.165, 1.54) is 55.8 Å². The average Bonchev–Trinajstić information content (AvgIpc) is 3.07. The molecule has 0 saturated carbocycles. The fraction of sp³-hybridized carbons (Fsp3) is 0.182. The molecule has 2 aliphatic rings. The molecule has 0 amide bonds. The molecule has 0 N–H and O–H groups in total. The summed E-state index contributed by atoms with van der Waals surface area (Å²) in [5, 5.41) is 0. The molecule has 0 saturated heterocycles. The van der Waals surface area contributed by atoms with Crippen molar-refractivity contribution in [3.63, 3.8) is 0 Å². The second-order valence-electron chi connectivity index (χ2n) is 6.59. The predicted octanol–water partition coefficient (Wildman–Crippen LogP) is 6.76. The van der Waals surface area contributed by atoms with Crippen LogP contribution in [0.15, 0.2) is 52.3 Å². The molecule has 24 heavy (non-hydrogen) atoms. The van der Waals surface area contributed by atoms with Crippen molar-refractivity contribution in [3.8, 4) is 11.1 Å². The minimum absolute atomic E-state index is 1.15. The van der Waals surface area contributed by atoms with Gasteiger partial charge >= 0.3 is 0 Å². The van der Waals surface area contributed by atoms with E-state index in [1.807, 2.05) is 11.3 Å². The summed E-state index contributed by atoms with van der Waals surface area (Å²) in [6, 6.07) is 18.0. The molecule has 0 fully saturated rings. The third-order valence-corrected chi connectivity index (χ3v) is 6.98. The number of rotatable bonds is 1. The SMILES string of the molecule is Brc1ccc(C2=Cc3ccc4c(c3CC2)CCc2ccccc2-4)s1. The van der Waals surface area contributed by atoms with Gasteiger partial charge in [-0.3, -0.25) is 0 Å². The van der Waals surface area contributed by atoms with Crippen molar-refractivity contribution >= 4 is 38.9 Å². The zero-order chi connectivity index (χ0) is 16.1. The van der Waals surface area contributed by atoms with Crippen molar-refractivity contribution < 1.29 is 0 Å². The van der Waals surface area contributed by atoms with Crippen LogP contribution < -0.4 is 0 Å². The van der Waals surface area contributed by atoms with Gasteiger partial charge < -0.3 is 0 Å². The van der Waals surface area contributed by atoms with Crippen molar-refractivity contribution in [1.29, 1.82) is 0 Å². The summed E-state index contributed by atoms with van der Waals surface area (Å²) in [5.41, 5.74) is 10.5. The minimum atomic E-state index is 1.15. The highest BCUT2D eigenvalue weighted by atomic mass is 79.9. The Hall–Kier alpha value is -1.64. The molecule has 0 nitrogen and oxygen atoms in total. The summed E-state index contributed by atoms with van der Waals surface area (Å²) < 4.78 is 1.21. The standard InChI is InChI=1S/C22H17BrS/c23-22-12-11-21(24-22)16-7-8-18-15(13-16)6-10-19-17-4-2-1-3-14(17)5-9-20(18)19/h1-4,6,10-13H,5,7-9H2. The minimum Gasteiger partial charge on any atom is -0.129 e. The third-order valence-electron chi connectivity index (χ3n) is 5.28. The van der Waals surface area contributed by atoms with Crippen molar-refractivity contribution in [2.45, 2.75) is 25.7 Å². The van der Waals surface area contributed by atoms with E-state index in [2.05, 4.69) is 70.5 Å². The first-order valence-electron chi connectivity index (χ1n) is 8.49. The molecule has 2 aliphatic carbocycles. The van der Waals surface area contributed by atoms with Gasteiger partial charge in [-0.25, -0.2) is 0 Å². The first-order chi connectivity index (χ1) is 11.8. The number of halogens is 1. The van der Waals surface area contributed by atoms with Gasteiger partial charge in [0.2, 0.25) is 0 Å². The lowest BCUT2D eigenvalue weighted by molar-refractivity contribution is 0.893. The van der Waals surface area contributed by atoms with Gasteiger partial charge in [-0.2, -0.15) is 0 Å². The smallest absolute Gasteiger partial charge is 0.0704 e. The third kappa shape index (κ3) is 2.32. The van der Waals surface area contributed by atoms with Crippen LogP contribution in [0.5, 0.6) is 0 Å². The molecule has 1 aromatic heterocycles. The zero-order valence-corrected chi connectivity index (χ0v) is 15.7. The van der Waals surface area contributed by atoms with Crippen LogP contribution in [0, 0.1) is 0 Å². The number of aryl methyl sites for hydroxylation is 1. The van der Waals surface area contributed by atoms with Crippen LogP contribution in [-0.2, 0) is 19.3 Å². The van der Waals surface area contributed by atoms with Gasteiger partial charge in [-0.1, -0.05) is 42.5 Å². The first kappa shape index (κ1) is 14.7. The second kappa shape index (κ2) is 5.72. The fourth-order valence-electron chi connectivity index (χ4n) is 4.14. The van der Waals surface area contributed by atoms with Crippen LogP contribution in [0.3, 0.4) is 0 Å². The number of hydrogen-bond donors (Lipinski definition) is 0. The quantitative estimate of drug-likeness (QED) is 0.428. The van der Waals surface area contributed by atoms with E-state index in [9.17, 15) is 0 Å². The summed E-state index contributed by atoms with van der Waals surface area (Å²) in [6.07, 6.45) is 7.09. The van der Waals surface area contributed by atoms with E-state index >= 15 is 0 Å². The summed E-state index contributed by atoms with van der Waals surface area (Å²) in [7, 11) is 0. The Labute approximate surface area is 155 Å². The maximum absolute atomic E-state index is 3.59. The molecule has 1 heterocycles. The van der Waals surface area contributed by atoms with Crippen molar-refractivity contribution in [1.82, 2.24) is 0 Å². The average molecular weight is 393 g/mol. The second-order valence-corrected chi connectivity index (χ2v) is 9.05. The van der Waals surface area contributed by atoms with E-state index in [-0.39, 0.29) is 0 Å². The zero-order valence-electron chi connectivity index (χ0n) is 13.3. The summed E-state index contributed by atoms with van der Waals surface area (Å²) in [5.74, 6) is 0. The topological polar surface area (TPSA) is 0 Å². The van der Waals surface area contributed by atoms with Gasteiger partial charge in [-0.05, 0) is 92.7 Å². The van der Waals surface area contributed by atoms with Gasteiger partial charge in [0.1, 0.15) is 0 Å². The van der Waals surface area contributed by atoms with E-state index in [0.29, 0.717) is 0 Å². The summed E-state index contributed by atoms with van der Waals surface area (Å²) in [4.78, 5) is 1.40. The molecular formula is C22H17BrS. The van der Waals surface area contributed by atoms with E-state index in [1.54, 1.807) is 11.1 Å². The Balaban J connectivity index is 1.63. The summed E-state index contributed by atoms with van der Waals surface area (Å²) in [6.45, 7) is 0. The molecule has 5 rings (SSSR count). The van der Waals surface area contributed by atoms with Crippen LogP contribution in [-0.4, -0.2) is 0 Å². The molecule has 118 valence electrons. The van der Waals surface area contributed by atoms with Gasteiger partial charge in [0.15, 0.2) is 0 Å². The molecule has 2 heteroatoms. The number of hydrogen-bond acceptors (Lipinski definition) is 1. The Morgan fingerprint density at radius 2 is 1.62 bits per heavy atom. The number of allylic oxidation sites excluding steroid dienone is 1. The van der Waals surface area contributed by atoms with Gasteiger partial charge in [0, 0.05) is 4.88 Å². The molecule has 0 radical (unpaired) electrons. The fourth-order valence-corrected chi connectivity index (χ4v) is 5.57. The summed E-state index contributed by atoms with van der Waals surface area (Å²) >= 11 is 5.42. The van der Waals surface area contributed by atoms with Crippen LogP contribution in [0.2, 0.25) is 0 Å². The van der Waals surface area contributed by atoms with Crippen molar-refractivity contribution in [2.24, 2.45) is 0 Å². The normalized spacial score (nSPS) is 15.3. The largest absolute Gasteiger partial charge is 0.129 e. The Bertz CT molecular complexity index is 977. The monoisotopic (exact) mass is 392 g/mol. The lowest BCUT2D eigenvalue weighted by Gasteiger charge is -2.26. The van der Waals surface area contributed by atoms with Crippen molar-refractivity contribution in [2.75, 3.05) is 0 Å². The van der Waals surface area contributed by atoms with E-state index in [0.717, 1.165) is 6.42 Å². The molecule has 0 spiro atoms. The maximum Gasteiger partial charge on any atom is 0.0704 e. The molecular weight excluding hydrogens is 376 g/mol. The highest BCUT2D eigenvalue weighted by Crippen LogP contribution is 2.41. The number of thiophene rings is 1. The Morgan fingerprint density at radius 1 is 0.750 bits per heavy atom. The predicted molar refractivity (Wildman–Crippen MR) is 107 cm³/mol. The number of fused-ring (bicyclic) bond motifs is 5. The van der Waals surface area contributed by atoms with Crippen LogP contribution in [0.4, 0.5) is 0 Å². The molecule has 2 aromatic carbocycles. The molecule has 0 aliphatic heterocycles. The maximum atomic E-state index is 3.59. The molecule has 0 bridgehead atoms. The lowest BCUT2D eigenvalue weighted by atomic mass is 9.78. The Morgan fingerprint density at radius 3 is 2.50 bits per heavy atom. The molecule has 0 unspecified atom stereocenters. The Kier molecular flexibility index (Phi) is 3.50. The van der Waals surface area contributed by atoms with Gasteiger partial charge in [0.25, 0.3) is 0 Å². The van der Waals surface area contributed by atoms with E-state index in [4.69, 9.17) is 0 Å². The van der Waals surface area contributed by atoms with Gasteiger partial charge in [-0.15, -0.1) is 11.3 Å². The van der Waals surface area contributed by atoms with Gasteiger partial charge in [0.05, 0.1) is 3.79 Å². The highest BCUT2D eigenvalue weighted by molar-refractivity contribution is 9.11. The molecule has 0 atom stereocenters. The van der Waals surface area contributed by atoms with Crippen LogP contribution in [0.1, 0.15) is 33.6 Å². The van der Waals surface area contributed by atoms with Crippen LogP contribution in [0.25, 0.3) is 22.8 Å². The lowest BCUT2D eigenvalue weighted by Crippen LogP contribution is -2.10. The van der Waals surface area contributed by atoms with Crippen LogP contribution >= 0.6 is 27.3 Å². The molecule has 3 aromatic rings. The first-order valence-corrected chi connectivity index (χ1v) is 10.1. The van der Waals surface area contributed by atoms with E-state index < -0.39 is 0 Å². The van der Waals surface area contributed by atoms with Crippen molar-refractivity contribution in [3.05, 3.63) is 79.4 Å².